The molecular formula is C17H20ClFN2O2. The average Bonchev–Trinajstić information content (AvgIpc) is 3.16. The van der Waals surface area contributed by atoms with E-state index in [9.17, 15) is 9.18 Å². The Kier molecular flexibility index (Phi) is 5.80. The molecule has 2 atom stereocenters. The summed E-state index contributed by atoms with van der Waals surface area (Å²) >= 11 is 0. The molecule has 2 aromatic rings. The van der Waals surface area contributed by atoms with Crippen LogP contribution >= 0.6 is 12.4 Å². The number of amides is 1. The van der Waals surface area contributed by atoms with Gasteiger partial charge in [-0.15, -0.1) is 12.4 Å². The fraction of sp³-hybridized carbons (Fsp3) is 0.353. The lowest BCUT2D eigenvalue weighted by molar-refractivity contribution is 0.0901. The van der Waals surface area contributed by atoms with Gasteiger partial charge in [0, 0.05) is 6.04 Å². The van der Waals surface area contributed by atoms with Crippen molar-refractivity contribution in [2.45, 2.75) is 25.3 Å². The number of halogens is 2. The largest absolute Gasteiger partial charge is 0.451 e. The van der Waals surface area contributed by atoms with E-state index >= 15 is 0 Å². The van der Waals surface area contributed by atoms with Crippen LogP contribution in [0.3, 0.4) is 0 Å². The minimum absolute atomic E-state index is 0. The number of carbonyl (C=O) groups excluding carboxylic acids is 1. The molecule has 1 aliphatic carbocycles. The summed E-state index contributed by atoms with van der Waals surface area (Å²) in [5.74, 6) is 0.228. The van der Waals surface area contributed by atoms with E-state index in [0.717, 1.165) is 19.3 Å². The predicted molar refractivity (Wildman–Crippen MR) is 89.0 cm³/mol. The first kappa shape index (κ1) is 17.5. The summed E-state index contributed by atoms with van der Waals surface area (Å²) in [5.41, 5.74) is 6.07. The Hall–Kier alpha value is -1.85. The quantitative estimate of drug-likeness (QED) is 0.898. The van der Waals surface area contributed by atoms with Crippen LogP contribution in [0.1, 0.15) is 29.8 Å². The monoisotopic (exact) mass is 338 g/mol. The Morgan fingerprint density at radius 3 is 2.78 bits per heavy atom. The third-order valence-corrected chi connectivity index (χ3v) is 4.25. The van der Waals surface area contributed by atoms with Crippen molar-refractivity contribution in [3.05, 3.63) is 48.0 Å². The molecule has 4 nitrogen and oxygen atoms in total. The van der Waals surface area contributed by atoms with Crippen LogP contribution in [0.2, 0.25) is 0 Å². The zero-order valence-corrected chi connectivity index (χ0v) is 13.4. The Morgan fingerprint density at radius 1 is 1.26 bits per heavy atom. The van der Waals surface area contributed by atoms with Gasteiger partial charge in [-0.3, -0.25) is 4.79 Å². The predicted octanol–water partition coefficient (Wildman–Crippen LogP) is 3.36. The topological polar surface area (TPSA) is 68.3 Å². The molecule has 1 saturated carbocycles. The van der Waals surface area contributed by atoms with Gasteiger partial charge in [-0.2, -0.15) is 0 Å². The summed E-state index contributed by atoms with van der Waals surface area (Å²) in [5, 5.41) is 2.97. The molecule has 0 spiro atoms. The van der Waals surface area contributed by atoms with Gasteiger partial charge in [0.1, 0.15) is 11.6 Å². The van der Waals surface area contributed by atoms with Gasteiger partial charge >= 0.3 is 0 Å². The molecule has 1 heterocycles. The van der Waals surface area contributed by atoms with Crippen molar-refractivity contribution in [2.75, 3.05) is 6.54 Å². The molecule has 0 aliphatic heterocycles. The van der Waals surface area contributed by atoms with Crippen molar-refractivity contribution in [2.24, 2.45) is 11.7 Å². The summed E-state index contributed by atoms with van der Waals surface area (Å²) in [7, 11) is 0. The fourth-order valence-electron chi connectivity index (χ4n) is 3.01. The van der Waals surface area contributed by atoms with Gasteiger partial charge in [-0.05, 0) is 49.6 Å². The zero-order valence-electron chi connectivity index (χ0n) is 12.6. The maximum Gasteiger partial charge on any atom is 0.287 e. The highest BCUT2D eigenvalue weighted by Gasteiger charge is 2.28. The van der Waals surface area contributed by atoms with Crippen molar-refractivity contribution in [1.29, 1.82) is 0 Å². The number of carbonyl (C=O) groups is 1. The van der Waals surface area contributed by atoms with E-state index in [1.165, 1.54) is 6.07 Å². The van der Waals surface area contributed by atoms with Crippen LogP contribution in [0, 0.1) is 11.7 Å². The Bertz CT molecular complexity index is 674. The van der Waals surface area contributed by atoms with E-state index in [1.54, 1.807) is 30.3 Å². The van der Waals surface area contributed by atoms with E-state index in [0.29, 0.717) is 23.8 Å². The standard InChI is InChI=1S/C17H19FN2O2.ClH/c18-13-6-2-1-5-12(13)15-8-9-16(22-15)17(21)20-14-7-3-4-11(14)10-19;/h1-2,5-6,8-9,11,14H,3-4,7,10,19H2,(H,20,21);1H. The van der Waals surface area contributed by atoms with Crippen molar-refractivity contribution >= 4 is 18.3 Å². The number of nitrogens with two attached hydrogens (primary N) is 1. The molecule has 1 aromatic heterocycles. The van der Waals surface area contributed by atoms with E-state index in [2.05, 4.69) is 5.32 Å². The normalized spacial score (nSPS) is 20.1. The lowest BCUT2D eigenvalue weighted by atomic mass is 10.0. The van der Waals surface area contributed by atoms with Gasteiger partial charge in [-0.1, -0.05) is 18.6 Å². The van der Waals surface area contributed by atoms with Crippen molar-refractivity contribution in [3.63, 3.8) is 0 Å². The van der Waals surface area contributed by atoms with Crippen LogP contribution in [-0.4, -0.2) is 18.5 Å². The van der Waals surface area contributed by atoms with Crippen LogP contribution in [0.25, 0.3) is 11.3 Å². The average molecular weight is 339 g/mol. The van der Waals surface area contributed by atoms with Crippen molar-refractivity contribution in [1.82, 2.24) is 5.32 Å². The van der Waals surface area contributed by atoms with Gasteiger partial charge in [0.25, 0.3) is 5.91 Å². The lowest BCUT2D eigenvalue weighted by Crippen LogP contribution is -2.39. The molecule has 1 aromatic carbocycles. The summed E-state index contributed by atoms with van der Waals surface area (Å²) in [6.07, 6.45) is 3.06. The minimum atomic E-state index is -0.372. The molecular weight excluding hydrogens is 319 g/mol. The minimum Gasteiger partial charge on any atom is -0.451 e. The van der Waals surface area contributed by atoms with Crippen LogP contribution in [0.5, 0.6) is 0 Å². The van der Waals surface area contributed by atoms with Crippen LogP contribution < -0.4 is 11.1 Å². The number of nitrogens with one attached hydrogen (secondary N) is 1. The highest BCUT2D eigenvalue weighted by atomic mass is 35.5. The second-order valence-corrected chi connectivity index (χ2v) is 5.65. The van der Waals surface area contributed by atoms with Gasteiger partial charge in [0.2, 0.25) is 0 Å². The SMILES string of the molecule is Cl.NCC1CCCC1NC(=O)c1ccc(-c2ccccc2F)o1. The first-order valence-electron chi connectivity index (χ1n) is 7.54. The second-order valence-electron chi connectivity index (χ2n) is 5.65. The number of rotatable bonds is 4. The van der Waals surface area contributed by atoms with Gasteiger partial charge in [-0.25, -0.2) is 4.39 Å². The van der Waals surface area contributed by atoms with Crippen LogP contribution in [-0.2, 0) is 0 Å². The number of furan rings is 1. The summed E-state index contributed by atoms with van der Waals surface area (Å²) in [6, 6.07) is 9.61. The van der Waals surface area contributed by atoms with Gasteiger partial charge in [0.05, 0.1) is 5.56 Å². The summed E-state index contributed by atoms with van der Waals surface area (Å²) < 4.78 is 19.2. The second kappa shape index (κ2) is 7.62. The summed E-state index contributed by atoms with van der Waals surface area (Å²) in [6.45, 7) is 0.573. The molecule has 1 amide bonds. The van der Waals surface area contributed by atoms with E-state index in [-0.39, 0.29) is 35.9 Å². The molecule has 0 bridgehead atoms. The van der Waals surface area contributed by atoms with Crippen LogP contribution in [0.15, 0.2) is 40.8 Å². The maximum absolute atomic E-state index is 13.7. The highest BCUT2D eigenvalue weighted by molar-refractivity contribution is 5.92. The molecule has 124 valence electrons. The molecule has 3 rings (SSSR count). The Balaban J connectivity index is 0.00000192. The molecule has 23 heavy (non-hydrogen) atoms. The van der Waals surface area contributed by atoms with E-state index in [1.807, 2.05) is 0 Å². The number of hydrogen-bond donors (Lipinski definition) is 2. The number of hydrogen-bond acceptors (Lipinski definition) is 3. The van der Waals surface area contributed by atoms with Crippen molar-refractivity contribution < 1.29 is 13.6 Å². The molecule has 0 saturated heterocycles. The number of benzene rings is 1. The van der Waals surface area contributed by atoms with Gasteiger partial charge < -0.3 is 15.5 Å². The molecule has 1 aliphatic rings. The van der Waals surface area contributed by atoms with Crippen molar-refractivity contribution in [3.8, 4) is 11.3 Å². The van der Waals surface area contributed by atoms with E-state index in [4.69, 9.17) is 10.2 Å². The molecule has 0 radical (unpaired) electrons. The molecule has 3 N–H and O–H groups in total. The molecule has 1 fully saturated rings. The van der Waals surface area contributed by atoms with Crippen LogP contribution in [0.4, 0.5) is 4.39 Å². The first-order chi connectivity index (χ1) is 10.7. The lowest BCUT2D eigenvalue weighted by Gasteiger charge is -2.18. The third-order valence-electron chi connectivity index (χ3n) is 4.25. The maximum atomic E-state index is 13.7. The van der Waals surface area contributed by atoms with Gasteiger partial charge in [0.15, 0.2) is 5.76 Å². The fourth-order valence-corrected chi connectivity index (χ4v) is 3.01. The first-order valence-corrected chi connectivity index (χ1v) is 7.54. The Labute approximate surface area is 140 Å². The Morgan fingerprint density at radius 2 is 2.04 bits per heavy atom. The highest BCUT2D eigenvalue weighted by Crippen LogP contribution is 2.27. The third kappa shape index (κ3) is 3.74. The molecule has 6 heteroatoms. The smallest absolute Gasteiger partial charge is 0.287 e. The molecule has 2 unspecified atom stereocenters. The van der Waals surface area contributed by atoms with E-state index < -0.39 is 0 Å². The summed E-state index contributed by atoms with van der Waals surface area (Å²) in [4.78, 5) is 12.3. The zero-order chi connectivity index (χ0) is 15.5.